The van der Waals surface area contributed by atoms with Crippen LogP contribution in [0.15, 0.2) is 0 Å². The van der Waals surface area contributed by atoms with Gasteiger partial charge in [0.2, 0.25) is 5.91 Å². The first-order chi connectivity index (χ1) is 9.83. The Hall–Kier alpha value is -0.280. The molecule has 1 amide bonds. The molecule has 0 unspecified atom stereocenters. The van der Waals surface area contributed by atoms with Crippen molar-refractivity contribution in [3.8, 4) is 0 Å². The van der Waals surface area contributed by atoms with Gasteiger partial charge in [-0.3, -0.25) is 4.79 Å². The van der Waals surface area contributed by atoms with Gasteiger partial charge in [-0.05, 0) is 12.8 Å². The zero-order valence-corrected chi connectivity index (χ0v) is 16.6. The van der Waals surface area contributed by atoms with E-state index in [4.69, 9.17) is 5.73 Å². The summed E-state index contributed by atoms with van der Waals surface area (Å²) in [7, 11) is 6.64. The Bertz CT molecular complexity index is 228. The highest BCUT2D eigenvalue weighted by Crippen LogP contribution is 2.10. The lowest BCUT2D eigenvalue weighted by Crippen LogP contribution is -3.00. The van der Waals surface area contributed by atoms with Gasteiger partial charge in [-0.15, -0.1) is 0 Å². The predicted molar refractivity (Wildman–Crippen MR) is 94.2 cm³/mol. The molecule has 0 rings (SSSR count). The lowest BCUT2D eigenvalue weighted by Gasteiger charge is -2.22. The first-order valence-corrected chi connectivity index (χ1v) is 8.92. The molecule has 0 aromatic heterocycles. The van der Waals surface area contributed by atoms with Crippen molar-refractivity contribution in [1.82, 2.24) is 0 Å². The smallest absolute Gasteiger partial charge is 0.217 e. The first kappa shape index (κ1) is 26.6. The molecule has 0 fully saturated rings. The molecule has 4 heteroatoms. The second-order valence-corrected chi connectivity index (χ2v) is 7.06. The van der Waals surface area contributed by atoms with Crippen LogP contribution in [0.25, 0.3) is 0 Å². The van der Waals surface area contributed by atoms with E-state index in [1.165, 1.54) is 57.9 Å². The van der Waals surface area contributed by atoms with Crippen molar-refractivity contribution >= 4 is 5.91 Å². The average molecular weight is 337 g/mol. The van der Waals surface area contributed by atoms with E-state index in [1.807, 2.05) is 0 Å². The third-order valence-electron chi connectivity index (χ3n) is 3.42. The maximum Gasteiger partial charge on any atom is 0.217 e. The molecule has 0 spiro atoms. The van der Waals surface area contributed by atoms with Crippen LogP contribution in [-0.4, -0.2) is 38.1 Å². The fourth-order valence-electron chi connectivity index (χ4n) is 2.28. The minimum atomic E-state index is -0.159. The molecule has 0 bridgehead atoms. The largest absolute Gasteiger partial charge is 1.00 e. The summed E-state index contributed by atoms with van der Waals surface area (Å²) in [5.41, 5.74) is 5.05. The Morgan fingerprint density at radius 3 is 1.45 bits per heavy atom. The van der Waals surface area contributed by atoms with Gasteiger partial charge in [0.25, 0.3) is 0 Å². The van der Waals surface area contributed by atoms with E-state index in [0.717, 1.165) is 17.3 Å². The van der Waals surface area contributed by atoms with Gasteiger partial charge in [-0.2, -0.15) is 0 Å². The molecular weight excluding hydrogens is 296 g/mol. The molecule has 0 atom stereocenters. The normalized spacial score (nSPS) is 10.4. The third kappa shape index (κ3) is 31.9. The fraction of sp³-hybridized carbons (Fsp3) is 0.944. The molecule has 0 heterocycles. The van der Waals surface area contributed by atoms with E-state index in [0.29, 0.717) is 6.42 Å². The summed E-state index contributed by atoms with van der Waals surface area (Å²) >= 11 is 0. The molecule has 2 N–H and O–H groups in total. The van der Waals surface area contributed by atoms with E-state index in [9.17, 15) is 4.79 Å². The number of unbranched alkanes of at least 4 members (excludes halogenated alkanes) is 8. The van der Waals surface area contributed by atoms with Crippen LogP contribution in [0.1, 0.15) is 84.5 Å². The number of quaternary nitrogens is 1. The standard InChI is InChI=1S/C12H25NO.C6H16N.ClH/c1-2-3-4-5-6-7-8-9-10-11-12(13)14;1-5-6-7(2,3)4;/h2-11H2,1H3,(H2,13,14);5-6H2,1-4H3;1H/q;+1;/p-1. The van der Waals surface area contributed by atoms with E-state index in [2.05, 4.69) is 35.0 Å². The van der Waals surface area contributed by atoms with Crippen LogP contribution in [0.3, 0.4) is 0 Å². The Kier molecular flexibility index (Phi) is 22.7. The molecule has 0 aromatic rings. The number of halogens is 1. The summed E-state index contributed by atoms with van der Waals surface area (Å²) < 4.78 is 1.09. The quantitative estimate of drug-likeness (QED) is 0.426. The van der Waals surface area contributed by atoms with Crippen LogP contribution in [0, 0.1) is 0 Å². The molecule has 0 aliphatic rings. The number of nitrogens with zero attached hydrogens (tertiary/aromatic N) is 1. The third-order valence-corrected chi connectivity index (χ3v) is 3.42. The maximum absolute atomic E-state index is 10.4. The second-order valence-electron chi connectivity index (χ2n) is 7.06. The van der Waals surface area contributed by atoms with Crippen LogP contribution in [-0.2, 0) is 4.79 Å². The van der Waals surface area contributed by atoms with Gasteiger partial charge in [0, 0.05) is 6.42 Å². The van der Waals surface area contributed by atoms with Crippen LogP contribution >= 0.6 is 0 Å². The highest BCUT2D eigenvalue weighted by atomic mass is 35.5. The number of rotatable bonds is 12. The van der Waals surface area contributed by atoms with Gasteiger partial charge in [-0.25, -0.2) is 0 Å². The van der Waals surface area contributed by atoms with Crippen LogP contribution in [0.2, 0.25) is 0 Å². The topological polar surface area (TPSA) is 43.1 Å². The molecule has 136 valence electrons. The Morgan fingerprint density at radius 1 is 0.773 bits per heavy atom. The van der Waals surface area contributed by atoms with Gasteiger partial charge >= 0.3 is 0 Å². The molecular formula is C18H41ClN2O. The Morgan fingerprint density at radius 2 is 1.18 bits per heavy atom. The number of carbonyl (C=O) groups excluding carboxylic acids is 1. The number of amides is 1. The molecule has 0 radical (unpaired) electrons. The van der Waals surface area contributed by atoms with Crippen molar-refractivity contribution in [2.45, 2.75) is 84.5 Å². The monoisotopic (exact) mass is 336 g/mol. The highest BCUT2D eigenvalue weighted by Gasteiger charge is 2.01. The molecule has 0 saturated carbocycles. The van der Waals surface area contributed by atoms with Crippen molar-refractivity contribution in [1.29, 1.82) is 0 Å². The fourth-order valence-corrected chi connectivity index (χ4v) is 2.28. The SMILES string of the molecule is CCCCCCCCCCCC(N)=O.CCC[N+](C)(C)C.[Cl-]. The van der Waals surface area contributed by atoms with E-state index in [1.54, 1.807) is 0 Å². The summed E-state index contributed by atoms with van der Waals surface area (Å²) in [5.74, 6) is -0.159. The first-order valence-electron chi connectivity index (χ1n) is 8.92. The highest BCUT2D eigenvalue weighted by molar-refractivity contribution is 5.73. The second kappa shape index (κ2) is 18.8. The summed E-state index contributed by atoms with van der Waals surface area (Å²) in [5, 5.41) is 0. The molecule has 0 saturated heterocycles. The van der Waals surface area contributed by atoms with Crippen LogP contribution < -0.4 is 18.1 Å². The molecule has 0 aromatic carbocycles. The summed E-state index contributed by atoms with van der Waals surface area (Å²) in [6.07, 6.45) is 13.4. The number of hydrogen-bond donors (Lipinski definition) is 1. The van der Waals surface area contributed by atoms with Crippen molar-refractivity contribution in [3.05, 3.63) is 0 Å². The Balaban J connectivity index is -0.000000385. The van der Waals surface area contributed by atoms with Crippen molar-refractivity contribution in [2.75, 3.05) is 27.7 Å². The van der Waals surface area contributed by atoms with Gasteiger partial charge in [0.15, 0.2) is 0 Å². The van der Waals surface area contributed by atoms with Crippen molar-refractivity contribution in [2.24, 2.45) is 5.73 Å². The number of primary amides is 1. The van der Waals surface area contributed by atoms with E-state index in [-0.39, 0.29) is 18.3 Å². The zero-order valence-electron chi connectivity index (χ0n) is 15.8. The number of nitrogens with two attached hydrogens (primary N) is 1. The van der Waals surface area contributed by atoms with Crippen molar-refractivity contribution in [3.63, 3.8) is 0 Å². The predicted octanol–water partition coefficient (Wildman–Crippen LogP) is 1.50. The number of carbonyl (C=O) groups is 1. The van der Waals surface area contributed by atoms with Gasteiger partial charge in [0.1, 0.15) is 0 Å². The van der Waals surface area contributed by atoms with Gasteiger partial charge in [-0.1, -0.05) is 65.2 Å². The molecule has 3 nitrogen and oxygen atoms in total. The van der Waals surface area contributed by atoms with Crippen molar-refractivity contribution < 1.29 is 21.7 Å². The average Bonchev–Trinajstić information content (AvgIpc) is 2.36. The van der Waals surface area contributed by atoms with Gasteiger partial charge < -0.3 is 22.6 Å². The van der Waals surface area contributed by atoms with E-state index < -0.39 is 0 Å². The van der Waals surface area contributed by atoms with Crippen LogP contribution in [0.4, 0.5) is 0 Å². The summed E-state index contributed by atoms with van der Waals surface area (Å²) in [6.45, 7) is 5.73. The summed E-state index contributed by atoms with van der Waals surface area (Å²) in [4.78, 5) is 10.4. The Labute approximate surface area is 146 Å². The number of hydrogen-bond acceptors (Lipinski definition) is 1. The molecule has 0 aliphatic heterocycles. The zero-order chi connectivity index (χ0) is 16.6. The van der Waals surface area contributed by atoms with Gasteiger partial charge in [0.05, 0.1) is 27.7 Å². The van der Waals surface area contributed by atoms with E-state index >= 15 is 0 Å². The minimum Gasteiger partial charge on any atom is -1.00 e. The minimum absolute atomic E-state index is 0. The maximum atomic E-state index is 10.4. The lowest BCUT2D eigenvalue weighted by molar-refractivity contribution is -0.870. The molecule has 0 aliphatic carbocycles. The molecule has 22 heavy (non-hydrogen) atoms. The summed E-state index contributed by atoms with van der Waals surface area (Å²) in [6, 6.07) is 0. The van der Waals surface area contributed by atoms with Crippen LogP contribution in [0.5, 0.6) is 0 Å². The lowest BCUT2D eigenvalue weighted by atomic mass is 10.1.